The van der Waals surface area contributed by atoms with Crippen LogP contribution in [0.25, 0.3) is 0 Å². The molecule has 0 aromatic heterocycles. The number of carbonyl (C=O) groups excluding carboxylic acids is 1. The van der Waals surface area contributed by atoms with Crippen LogP contribution in [0.5, 0.6) is 0 Å². The number of thioether (sulfide) groups is 1. The molecule has 1 aromatic rings. The summed E-state index contributed by atoms with van der Waals surface area (Å²) >= 11 is 4.68. The van der Waals surface area contributed by atoms with Crippen molar-refractivity contribution in [3.8, 4) is 0 Å². The molecule has 0 aliphatic carbocycles. The van der Waals surface area contributed by atoms with Crippen LogP contribution in [0, 0.1) is 5.82 Å². The van der Waals surface area contributed by atoms with Crippen LogP contribution in [0.15, 0.2) is 22.7 Å². The fraction of sp³-hybridized carbons (Fsp3) is 0.417. The molecule has 0 bridgehead atoms. The molecule has 0 aliphatic rings. The lowest BCUT2D eigenvalue weighted by Gasteiger charge is -2.22. The molecule has 1 aromatic carbocycles. The quantitative estimate of drug-likeness (QED) is 0.868. The summed E-state index contributed by atoms with van der Waals surface area (Å²) in [5.41, 5.74) is -0.760. The normalized spacial score (nSPS) is 14.1. The molecular weight excluding hydrogens is 321 g/mol. The van der Waals surface area contributed by atoms with Crippen LogP contribution in [0.4, 0.5) is 4.39 Å². The first-order valence-corrected chi connectivity index (χ1v) is 7.49. The van der Waals surface area contributed by atoms with Gasteiger partial charge in [-0.1, -0.05) is 0 Å². The van der Waals surface area contributed by atoms with E-state index in [1.54, 1.807) is 6.92 Å². The van der Waals surface area contributed by atoms with Crippen molar-refractivity contribution < 1.29 is 14.3 Å². The standard InChI is InChI=1S/C12H15BrFNO2S/c1-12(17,7-18-2)6-15-11(16)9-5-8(14)3-4-10(9)13/h3-5,17H,6-7H2,1-2H3,(H,15,16). The fourth-order valence-corrected chi connectivity index (χ4v) is 2.55. The summed E-state index contributed by atoms with van der Waals surface area (Å²) in [5.74, 6) is -0.376. The first-order chi connectivity index (χ1) is 8.35. The van der Waals surface area contributed by atoms with E-state index in [-0.39, 0.29) is 12.1 Å². The largest absolute Gasteiger partial charge is 0.387 e. The van der Waals surface area contributed by atoms with Crippen molar-refractivity contribution in [1.29, 1.82) is 0 Å². The van der Waals surface area contributed by atoms with Gasteiger partial charge in [-0.2, -0.15) is 11.8 Å². The summed E-state index contributed by atoms with van der Waals surface area (Å²) in [6.45, 7) is 1.76. The Balaban J connectivity index is 2.69. The fourth-order valence-electron chi connectivity index (χ4n) is 1.40. The maximum absolute atomic E-state index is 13.0. The number of hydrogen-bond acceptors (Lipinski definition) is 3. The Hall–Kier alpha value is -0.590. The molecule has 3 nitrogen and oxygen atoms in total. The van der Waals surface area contributed by atoms with E-state index >= 15 is 0 Å². The minimum atomic E-state index is -0.977. The number of rotatable bonds is 5. The van der Waals surface area contributed by atoms with E-state index in [1.165, 1.54) is 23.9 Å². The Morgan fingerprint density at radius 1 is 1.61 bits per heavy atom. The van der Waals surface area contributed by atoms with E-state index in [0.717, 1.165) is 6.07 Å². The van der Waals surface area contributed by atoms with Crippen LogP contribution in [0.3, 0.4) is 0 Å². The Morgan fingerprint density at radius 2 is 2.28 bits per heavy atom. The Morgan fingerprint density at radius 3 is 2.89 bits per heavy atom. The van der Waals surface area contributed by atoms with Gasteiger partial charge in [0.1, 0.15) is 5.82 Å². The molecule has 0 saturated heterocycles. The van der Waals surface area contributed by atoms with Crippen LogP contribution in [0.1, 0.15) is 17.3 Å². The first-order valence-electron chi connectivity index (χ1n) is 5.30. The van der Waals surface area contributed by atoms with E-state index in [9.17, 15) is 14.3 Å². The van der Waals surface area contributed by atoms with Crippen molar-refractivity contribution >= 4 is 33.6 Å². The van der Waals surface area contributed by atoms with E-state index in [4.69, 9.17) is 0 Å². The molecule has 0 aliphatic heterocycles. The molecule has 1 rings (SSSR count). The molecule has 1 amide bonds. The second-order valence-electron chi connectivity index (χ2n) is 4.24. The third kappa shape index (κ3) is 4.59. The van der Waals surface area contributed by atoms with Crippen LogP contribution >= 0.6 is 27.7 Å². The van der Waals surface area contributed by atoms with Gasteiger partial charge in [-0.15, -0.1) is 0 Å². The molecule has 18 heavy (non-hydrogen) atoms. The molecule has 2 N–H and O–H groups in total. The molecule has 0 saturated carbocycles. The van der Waals surface area contributed by atoms with E-state index in [0.29, 0.717) is 10.2 Å². The van der Waals surface area contributed by atoms with Crippen LogP contribution in [-0.2, 0) is 0 Å². The first kappa shape index (κ1) is 15.5. The highest BCUT2D eigenvalue weighted by Gasteiger charge is 2.21. The topological polar surface area (TPSA) is 49.3 Å². The van der Waals surface area contributed by atoms with E-state index in [1.807, 2.05) is 6.26 Å². The van der Waals surface area contributed by atoms with Gasteiger partial charge in [0.05, 0.1) is 11.2 Å². The third-order valence-electron chi connectivity index (χ3n) is 2.26. The Kier molecular flexibility index (Phi) is 5.62. The second-order valence-corrected chi connectivity index (χ2v) is 5.96. The highest BCUT2D eigenvalue weighted by Crippen LogP contribution is 2.18. The summed E-state index contributed by atoms with van der Waals surface area (Å²) in [6, 6.07) is 3.90. The monoisotopic (exact) mass is 335 g/mol. The van der Waals surface area contributed by atoms with Gasteiger partial charge in [0, 0.05) is 16.8 Å². The molecule has 0 spiro atoms. The van der Waals surface area contributed by atoms with Crippen molar-refractivity contribution in [1.82, 2.24) is 5.32 Å². The summed E-state index contributed by atoms with van der Waals surface area (Å²) < 4.78 is 13.6. The second kappa shape index (κ2) is 6.54. The average molecular weight is 336 g/mol. The number of benzene rings is 1. The van der Waals surface area contributed by atoms with Gasteiger partial charge in [-0.3, -0.25) is 4.79 Å². The van der Waals surface area contributed by atoms with Crippen molar-refractivity contribution in [3.63, 3.8) is 0 Å². The molecule has 100 valence electrons. The molecule has 6 heteroatoms. The average Bonchev–Trinajstić information content (AvgIpc) is 2.29. The van der Waals surface area contributed by atoms with Gasteiger partial charge in [0.2, 0.25) is 0 Å². The van der Waals surface area contributed by atoms with Crippen molar-refractivity contribution in [3.05, 3.63) is 34.1 Å². The van der Waals surface area contributed by atoms with Gasteiger partial charge in [0.25, 0.3) is 5.91 Å². The molecular formula is C12H15BrFNO2S. The smallest absolute Gasteiger partial charge is 0.252 e. The van der Waals surface area contributed by atoms with Gasteiger partial charge in [-0.25, -0.2) is 4.39 Å². The van der Waals surface area contributed by atoms with E-state index in [2.05, 4.69) is 21.2 Å². The number of aliphatic hydroxyl groups is 1. The van der Waals surface area contributed by atoms with Gasteiger partial charge in [-0.05, 0) is 47.3 Å². The molecule has 1 atom stereocenters. The van der Waals surface area contributed by atoms with Gasteiger partial charge < -0.3 is 10.4 Å². The third-order valence-corrected chi connectivity index (χ3v) is 3.86. The molecule has 0 fully saturated rings. The lowest BCUT2D eigenvalue weighted by atomic mass is 10.1. The van der Waals surface area contributed by atoms with Crippen molar-refractivity contribution in [2.75, 3.05) is 18.6 Å². The molecule has 1 unspecified atom stereocenters. The zero-order valence-electron chi connectivity index (χ0n) is 10.2. The van der Waals surface area contributed by atoms with Gasteiger partial charge in [0.15, 0.2) is 0 Å². The number of nitrogens with one attached hydrogen (secondary N) is 1. The summed E-state index contributed by atoms with van der Waals surface area (Å²) in [5, 5.41) is 12.5. The maximum atomic E-state index is 13.0. The zero-order chi connectivity index (χ0) is 13.8. The van der Waals surface area contributed by atoms with Gasteiger partial charge >= 0.3 is 0 Å². The summed E-state index contributed by atoms with van der Waals surface area (Å²) in [6.07, 6.45) is 1.87. The minimum Gasteiger partial charge on any atom is -0.387 e. The minimum absolute atomic E-state index is 0.121. The van der Waals surface area contributed by atoms with E-state index < -0.39 is 17.3 Å². The SMILES string of the molecule is CSCC(C)(O)CNC(=O)c1cc(F)ccc1Br. The highest BCUT2D eigenvalue weighted by molar-refractivity contribution is 9.10. The zero-order valence-corrected chi connectivity index (χ0v) is 12.6. The number of carbonyl (C=O) groups is 1. The predicted octanol–water partition coefficient (Wildman–Crippen LogP) is 2.43. The summed E-state index contributed by atoms with van der Waals surface area (Å²) in [7, 11) is 0. The summed E-state index contributed by atoms with van der Waals surface area (Å²) in [4.78, 5) is 11.8. The highest BCUT2D eigenvalue weighted by atomic mass is 79.9. The maximum Gasteiger partial charge on any atom is 0.252 e. The Labute approximate surface area is 118 Å². The predicted molar refractivity (Wildman–Crippen MR) is 75.4 cm³/mol. The lowest BCUT2D eigenvalue weighted by molar-refractivity contribution is 0.0724. The molecule has 0 heterocycles. The lowest BCUT2D eigenvalue weighted by Crippen LogP contribution is -2.42. The van der Waals surface area contributed by atoms with Crippen molar-refractivity contribution in [2.24, 2.45) is 0 Å². The Bertz CT molecular complexity index is 440. The van der Waals surface area contributed by atoms with Crippen LogP contribution in [0.2, 0.25) is 0 Å². The number of halogens is 2. The molecule has 0 radical (unpaired) electrons. The number of hydrogen-bond donors (Lipinski definition) is 2. The van der Waals surface area contributed by atoms with Crippen molar-refractivity contribution in [2.45, 2.75) is 12.5 Å². The van der Waals surface area contributed by atoms with Crippen LogP contribution < -0.4 is 5.32 Å². The van der Waals surface area contributed by atoms with Crippen LogP contribution in [-0.4, -0.2) is 35.2 Å². The number of amides is 1.